The number of fused-ring (bicyclic) bond motifs is 1. The second-order valence-electron chi connectivity index (χ2n) is 4.77. The van der Waals surface area contributed by atoms with Crippen molar-refractivity contribution in [2.75, 3.05) is 23.9 Å². The van der Waals surface area contributed by atoms with Crippen LogP contribution in [0.5, 0.6) is 0 Å². The molecule has 5 nitrogen and oxygen atoms in total. The number of nitrogens with one attached hydrogen (secondary N) is 1. The highest BCUT2D eigenvalue weighted by Crippen LogP contribution is 2.33. The second-order valence-corrected chi connectivity index (χ2v) is 7.47. The van der Waals surface area contributed by atoms with Gasteiger partial charge in [0.15, 0.2) is 23.1 Å². The van der Waals surface area contributed by atoms with Crippen molar-refractivity contribution in [1.82, 2.24) is 18.9 Å². The van der Waals surface area contributed by atoms with Crippen molar-refractivity contribution in [2.45, 2.75) is 0 Å². The number of aromatic nitrogens is 4. The normalized spacial score (nSPS) is 11.2. The van der Waals surface area contributed by atoms with E-state index in [-0.39, 0.29) is 5.82 Å². The molecule has 3 aromatic heterocycles. The molecular weight excluding hydrogens is 467 g/mol. The van der Waals surface area contributed by atoms with Crippen molar-refractivity contribution in [2.24, 2.45) is 0 Å². The number of pyridine rings is 1. The third-order valence-corrected chi connectivity index (χ3v) is 5.55. The molecule has 0 radical (unpaired) electrons. The van der Waals surface area contributed by atoms with E-state index in [1.165, 1.54) is 15.2 Å². The first kappa shape index (κ1) is 17.7. The number of rotatable bonds is 6. The Bertz CT molecular complexity index is 874. The summed E-state index contributed by atoms with van der Waals surface area (Å²) in [5, 5.41) is 3.54. The lowest BCUT2D eigenvalue weighted by molar-refractivity contribution is 0.618. The first-order valence-corrected chi connectivity index (χ1v) is 11.6. The topological polar surface area (TPSA) is 55.6 Å². The predicted molar refractivity (Wildman–Crippen MR) is 105 cm³/mol. The summed E-state index contributed by atoms with van der Waals surface area (Å²) in [5.74, 6) is 0.334. The Morgan fingerprint density at radius 3 is 2.88 bits per heavy atom. The molecule has 0 atom stereocenters. The van der Waals surface area contributed by atoms with Crippen LogP contribution in [0.1, 0.15) is 0 Å². The average molecular weight is 479 g/mol. The lowest BCUT2D eigenvalue weighted by Crippen LogP contribution is -2.08. The number of hydrogen-bond acceptors (Lipinski definition) is 6. The van der Waals surface area contributed by atoms with Gasteiger partial charge in [-0.15, -0.1) is 0 Å². The maximum absolute atomic E-state index is 13.9. The van der Waals surface area contributed by atoms with Crippen molar-refractivity contribution >= 4 is 58.9 Å². The quantitative estimate of drug-likeness (QED) is 0.418. The molecule has 0 fully saturated rings. The van der Waals surface area contributed by atoms with Gasteiger partial charge >= 0.3 is 0 Å². The SMILES string of the molecule is CSCCNc1nc(-c2cn(SI)c3ncc(F)cc23)ncc1F. The van der Waals surface area contributed by atoms with Crippen molar-refractivity contribution in [3.63, 3.8) is 0 Å². The molecule has 0 saturated heterocycles. The first-order chi connectivity index (χ1) is 11.6. The number of hydrogen-bond donors (Lipinski definition) is 1. The van der Waals surface area contributed by atoms with Crippen molar-refractivity contribution in [1.29, 1.82) is 0 Å². The molecule has 0 aliphatic rings. The Morgan fingerprint density at radius 2 is 2.12 bits per heavy atom. The summed E-state index contributed by atoms with van der Waals surface area (Å²) in [6.07, 6.45) is 6.03. The molecule has 3 aromatic rings. The van der Waals surface area contributed by atoms with E-state index >= 15 is 0 Å². The van der Waals surface area contributed by atoms with Crippen LogP contribution in [0.15, 0.2) is 24.7 Å². The van der Waals surface area contributed by atoms with Gasteiger partial charge in [0.1, 0.15) is 5.82 Å². The van der Waals surface area contributed by atoms with Gasteiger partial charge in [0.2, 0.25) is 0 Å². The summed E-state index contributed by atoms with van der Waals surface area (Å²) in [5.41, 5.74) is 1.21. The van der Waals surface area contributed by atoms with Gasteiger partial charge in [0.05, 0.1) is 12.4 Å². The Balaban J connectivity index is 2.07. The highest BCUT2D eigenvalue weighted by molar-refractivity contribution is 14.2. The standard InChI is InChI=1S/C14H12F2IN5S2/c1-23-3-2-18-13-11(16)6-19-12(21-13)10-7-22(24-17)14-9(10)4-8(15)5-20-14/h4-7H,2-3H2,1H3,(H,18,19,21). The molecule has 0 unspecified atom stereocenters. The van der Waals surface area contributed by atoms with Gasteiger partial charge in [-0.1, -0.05) is 0 Å². The minimum absolute atomic E-state index is 0.140. The maximum Gasteiger partial charge on any atom is 0.183 e. The second kappa shape index (κ2) is 7.83. The zero-order chi connectivity index (χ0) is 17.1. The molecule has 0 saturated carbocycles. The highest BCUT2D eigenvalue weighted by atomic mass is 127. The van der Waals surface area contributed by atoms with E-state index in [0.29, 0.717) is 29.0 Å². The Morgan fingerprint density at radius 1 is 1.29 bits per heavy atom. The van der Waals surface area contributed by atoms with E-state index in [4.69, 9.17) is 0 Å². The maximum atomic E-state index is 13.9. The third kappa shape index (κ3) is 3.59. The van der Waals surface area contributed by atoms with Crippen LogP contribution < -0.4 is 5.32 Å². The van der Waals surface area contributed by atoms with Crippen LogP contribution in [0.25, 0.3) is 22.4 Å². The van der Waals surface area contributed by atoms with Crippen LogP contribution in [0.2, 0.25) is 0 Å². The Hall–Kier alpha value is -1.14. The third-order valence-electron chi connectivity index (χ3n) is 3.24. The summed E-state index contributed by atoms with van der Waals surface area (Å²) >= 11 is 3.76. The van der Waals surface area contributed by atoms with Crippen molar-refractivity contribution in [3.05, 3.63) is 36.3 Å². The van der Waals surface area contributed by atoms with Gasteiger partial charge < -0.3 is 5.32 Å². The molecular formula is C14H12F2IN5S2. The van der Waals surface area contributed by atoms with Gasteiger partial charge in [0, 0.05) is 59.8 Å². The Kier molecular flexibility index (Phi) is 5.76. The molecule has 1 N–H and O–H groups in total. The van der Waals surface area contributed by atoms with E-state index in [1.54, 1.807) is 21.9 Å². The molecule has 10 heteroatoms. The van der Waals surface area contributed by atoms with E-state index in [1.807, 2.05) is 6.26 Å². The molecule has 0 aliphatic heterocycles. The van der Waals surface area contributed by atoms with Crippen molar-refractivity contribution < 1.29 is 8.78 Å². The first-order valence-electron chi connectivity index (χ1n) is 6.85. The zero-order valence-electron chi connectivity index (χ0n) is 12.5. The van der Waals surface area contributed by atoms with E-state index in [2.05, 4.69) is 41.5 Å². The average Bonchev–Trinajstić information content (AvgIpc) is 2.94. The summed E-state index contributed by atoms with van der Waals surface area (Å²) in [6, 6.07) is 1.38. The highest BCUT2D eigenvalue weighted by Gasteiger charge is 2.16. The monoisotopic (exact) mass is 479 g/mol. The van der Waals surface area contributed by atoms with Gasteiger partial charge in [-0.05, 0) is 12.3 Å². The molecule has 126 valence electrons. The summed E-state index contributed by atoms with van der Waals surface area (Å²) in [4.78, 5) is 12.4. The van der Waals surface area contributed by atoms with Crippen LogP contribution in [0, 0.1) is 11.6 Å². The minimum atomic E-state index is -0.517. The number of thioether (sulfide) groups is 1. The van der Waals surface area contributed by atoms with Crippen LogP contribution in [-0.2, 0) is 0 Å². The number of halogens is 3. The lowest BCUT2D eigenvalue weighted by Gasteiger charge is -2.07. The predicted octanol–water partition coefficient (Wildman–Crippen LogP) is 4.39. The van der Waals surface area contributed by atoms with E-state index in [0.717, 1.165) is 18.1 Å². The summed E-state index contributed by atoms with van der Waals surface area (Å²) < 4.78 is 29.3. The lowest BCUT2D eigenvalue weighted by atomic mass is 10.2. The van der Waals surface area contributed by atoms with Crippen LogP contribution in [-0.4, -0.2) is 37.5 Å². The van der Waals surface area contributed by atoms with E-state index in [9.17, 15) is 8.78 Å². The largest absolute Gasteiger partial charge is 0.367 e. The molecule has 24 heavy (non-hydrogen) atoms. The minimum Gasteiger partial charge on any atom is -0.367 e. The van der Waals surface area contributed by atoms with E-state index < -0.39 is 11.6 Å². The fourth-order valence-electron chi connectivity index (χ4n) is 2.18. The molecule has 3 heterocycles. The number of anilines is 1. The van der Waals surface area contributed by atoms with Crippen molar-refractivity contribution in [3.8, 4) is 11.4 Å². The molecule has 0 bridgehead atoms. The zero-order valence-corrected chi connectivity index (χ0v) is 16.3. The van der Waals surface area contributed by atoms with Gasteiger partial charge in [0.25, 0.3) is 0 Å². The van der Waals surface area contributed by atoms with Gasteiger partial charge in [-0.3, -0.25) is 3.97 Å². The molecule has 0 amide bonds. The van der Waals surface area contributed by atoms with Crippen LogP contribution >= 0.6 is 42.1 Å². The van der Waals surface area contributed by atoms with Crippen LogP contribution in [0.4, 0.5) is 14.6 Å². The summed E-state index contributed by atoms with van der Waals surface area (Å²) in [7, 11) is 1.40. The van der Waals surface area contributed by atoms with Gasteiger partial charge in [-0.25, -0.2) is 23.7 Å². The fourth-order valence-corrected chi connectivity index (χ4v) is 3.74. The fraction of sp³-hybridized carbons (Fsp3) is 0.214. The molecule has 3 rings (SSSR count). The number of nitrogens with zero attached hydrogens (tertiary/aromatic N) is 4. The summed E-state index contributed by atoms with van der Waals surface area (Å²) in [6.45, 7) is 0.593. The smallest absolute Gasteiger partial charge is 0.183 e. The molecule has 0 spiro atoms. The Labute approximate surface area is 157 Å². The molecule has 0 aromatic carbocycles. The van der Waals surface area contributed by atoms with Crippen LogP contribution in [0.3, 0.4) is 0 Å². The van der Waals surface area contributed by atoms with Gasteiger partial charge in [-0.2, -0.15) is 11.8 Å². The molecule has 0 aliphatic carbocycles.